The van der Waals surface area contributed by atoms with Gasteiger partial charge in [0.2, 0.25) is 5.76 Å². The highest BCUT2D eigenvalue weighted by atomic mass is 79.9. The Labute approximate surface area is 192 Å². The topological polar surface area (TPSA) is 63.0 Å². The quantitative estimate of drug-likeness (QED) is 0.530. The maximum Gasteiger partial charge on any atom is 0.290 e. The Morgan fingerprint density at radius 2 is 1.88 bits per heavy atom. The predicted molar refractivity (Wildman–Crippen MR) is 121 cm³/mol. The van der Waals surface area contributed by atoms with E-state index in [1.807, 2.05) is 24.3 Å². The first kappa shape index (κ1) is 21.3. The molecular weight excluding hydrogens is 479 g/mol. The zero-order chi connectivity index (χ0) is 22.2. The molecule has 2 aliphatic heterocycles. The summed E-state index contributed by atoms with van der Waals surface area (Å²) in [5, 5.41) is 0.145. The van der Waals surface area contributed by atoms with Gasteiger partial charge in [0.25, 0.3) is 5.91 Å². The van der Waals surface area contributed by atoms with Crippen LogP contribution in [0.4, 0.5) is 4.39 Å². The summed E-state index contributed by atoms with van der Waals surface area (Å²) in [6.07, 6.45) is 0.757. The van der Waals surface area contributed by atoms with Crippen molar-refractivity contribution >= 4 is 32.8 Å². The van der Waals surface area contributed by atoms with Gasteiger partial charge < -0.3 is 14.1 Å². The van der Waals surface area contributed by atoms with Gasteiger partial charge >= 0.3 is 0 Å². The van der Waals surface area contributed by atoms with Crippen LogP contribution in [-0.2, 0) is 4.74 Å². The third-order valence-electron chi connectivity index (χ3n) is 6.07. The fourth-order valence-electron chi connectivity index (χ4n) is 4.54. The van der Waals surface area contributed by atoms with Gasteiger partial charge in [0.15, 0.2) is 5.43 Å². The molecule has 0 saturated carbocycles. The van der Waals surface area contributed by atoms with E-state index in [9.17, 15) is 14.0 Å². The summed E-state index contributed by atoms with van der Waals surface area (Å²) in [6.45, 7) is 4.50. The number of amides is 1. The van der Waals surface area contributed by atoms with E-state index in [1.54, 1.807) is 4.90 Å². The van der Waals surface area contributed by atoms with Gasteiger partial charge in [-0.15, -0.1) is 0 Å². The number of hydrogen-bond acceptors (Lipinski definition) is 5. The maximum absolute atomic E-state index is 13.9. The van der Waals surface area contributed by atoms with Crippen molar-refractivity contribution < 1.29 is 18.3 Å². The second-order valence-electron chi connectivity index (χ2n) is 8.08. The second kappa shape index (κ2) is 8.77. The van der Waals surface area contributed by atoms with E-state index < -0.39 is 11.9 Å². The number of ether oxygens (including phenoxy) is 1. The molecule has 0 aliphatic carbocycles. The molecular formula is C24H22BrFN2O4. The third-order valence-corrected chi connectivity index (χ3v) is 6.56. The van der Waals surface area contributed by atoms with Crippen molar-refractivity contribution in [2.45, 2.75) is 12.5 Å². The zero-order valence-corrected chi connectivity index (χ0v) is 18.9. The van der Waals surface area contributed by atoms with E-state index in [2.05, 4.69) is 20.8 Å². The summed E-state index contributed by atoms with van der Waals surface area (Å²) >= 11 is 3.48. The lowest BCUT2D eigenvalue weighted by Gasteiger charge is -2.29. The van der Waals surface area contributed by atoms with Gasteiger partial charge in [-0.1, -0.05) is 28.1 Å². The standard InChI is InChI=1S/C24H22BrFN2O4/c25-16-4-1-3-15(13-16)21-20-22(29)18-14-17(26)5-6-19(18)32-23(20)24(30)28(21)8-2-7-27-9-11-31-12-10-27/h1,3-6,13-14,21H,2,7-12H2. The highest BCUT2D eigenvalue weighted by Crippen LogP contribution is 2.38. The number of hydrogen-bond donors (Lipinski definition) is 0. The Morgan fingerprint density at radius 1 is 1.06 bits per heavy atom. The van der Waals surface area contributed by atoms with Crippen LogP contribution in [-0.4, -0.2) is 55.1 Å². The minimum Gasteiger partial charge on any atom is -0.450 e. The molecule has 3 heterocycles. The van der Waals surface area contributed by atoms with Gasteiger partial charge in [-0.05, 0) is 42.3 Å². The molecule has 166 valence electrons. The third kappa shape index (κ3) is 3.87. The monoisotopic (exact) mass is 500 g/mol. The largest absolute Gasteiger partial charge is 0.450 e. The molecule has 2 aromatic carbocycles. The summed E-state index contributed by atoms with van der Waals surface area (Å²) < 4.78 is 26.0. The molecule has 1 atom stereocenters. The van der Waals surface area contributed by atoms with Gasteiger partial charge in [-0.25, -0.2) is 4.39 Å². The first-order valence-corrected chi connectivity index (χ1v) is 11.4. The summed E-state index contributed by atoms with van der Waals surface area (Å²) in [7, 11) is 0. The fourth-order valence-corrected chi connectivity index (χ4v) is 4.95. The van der Waals surface area contributed by atoms with Crippen LogP contribution in [0.2, 0.25) is 0 Å². The number of halogens is 2. The van der Waals surface area contributed by atoms with Gasteiger partial charge in [-0.3, -0.25) is 14.5 Å². The van der Waals surface area contributed by atoms with Crippen LogP contribution < -0.4 is 5.43 Å². The number of fused-ring (bicyclic) bond motifs is 2. The summed E-state index contributed by atoms with van der Waals surface area (Å²) in [5.74, 6) is -0.781. The molecule has 3 aromatic rings. The molecule has 1 amide bonds. The van der Waals surface area contributed by atoms with Crippen molar-refractivity contribution in [1.82, 2.24) is 9.80 Å². The average molecular weight is 501 g/mol. The molecule has 1 unspecified atom stereocenters. The second-order valence-corrected chi connectivity index (χ2v) is 8.99. The Hall–Kier alpha value is -2.55. The molecule has 0 radical (unpaired) electrons. The lowest BCUT2D eigenvalue weighted by atomic mass is 9.98. The number of nitrogens with zero attached hydrogens (tertiary/aromatic N) is 2. The molecule has 0 bridgehead atoms. The summed E-state index contributed by atoms with van der Waals surface area (Å²) in [6, 6.07) is 10.8. The molecule has 1 aromatic heterocycles. The van der Waals surface area contributed by atoms with Crippen LogP contribution in [0, 0.1) is 5.82 Å². The fraction of sp³-hybridized carbons (Fsp3) is 0.333. The van der Waals surface area contributed by atoms with Crippen LogP contribution in [0.3, 0.4) is 0 Å². The lowest BCUT2D eigenvalue weighted by molar-refractivity contribution is 0.0353. The number of carbonyl (C=O) groups excluding carboxylic acids is 1. The van der Waals surface area contributed by atoms with Gasteiger partial charge in [0.05, 0.1) is 30.2 Å². The number of benzene rings is 2. The SMILES string of the molecule is O=C1c2oc3ccc(F)cc3c(=O)c2C(c2cccc(Br)c2)N1CCCN1CCOCC1. The maximum atomic E-state index is 13.9. The Balaban J connectivity index is 1.54. The van der Waals surface area contributed by atoms with Crippen LogP contribution in [0.25, 0.3) is 11.0 Å². The minimum atomic E-state index is -0.580. The van der Waals surface area contributed by atoms with E-state index in [0.717, 1.165) is 49.3 Å². The summed E-state index contributed by atoms with van der Waals surface area (Å²) in [5.41, 5.74) is 0.930. The van der Waals surface area contributed by atoms with Crippen molar-refractivity contribution in [2.75, 3.05) is 39.4 Å². The highest BCUT2D eigenvalue weighted by Gasteiger charge is 2.42. The van der Waals surface area contributed by atoms with Crippen LogP contribution in [0.5, 0.6) is 0 Å². The molecule has 32 heavy (non-hydrogen) atoms. The molecule has 1 fully saturated rings. The molecule has 6 nitrogen and oxygen atoms in total. The van der Waals surface area contributed by atoms with Crippen LogP contribution >= 0.6 is 15.9 Å². The van der Waals surface area contributed by atoms with E-state index in [-0.39, 0.29) is 33.6 Å². The average Bonchev–Trinajstić information content (AvgIpc) is 3.07. The van der Waals surface area contributed by atoms with Gasteiger partial charge in [-0.2, -0.15) is 0 Å². The Bertz CT molecular complexity index is 1240. The highest BCUT2D eigenvalue weighted by molar-refractivity contribution is 9.10. The van der Waals surface area contributed by atoms with Crippen molar-refractivity contribution in [3.8, 4) is 0 Å². The van der Waals surface area contributed by atoms with E-state index in [1.165, 1.54) is 18.2 Å². The van der Waals surface area contributed by atoms with E-state index in [4.69, 9.17) is 9.15 Å². The predicted octanol–water partition coefficient (Wildman–Crippen LogP) is 3.96. The number of morpholine rings is 1. The van der Waals surface area contributed by atoms with Crippen LogP contribution in [0.1, 0.15) is 34.1 Å². The first-order chi connectivity index (χ1) is 15.5. The van der Waals surface area contributed by atoms with Crippen molar-refractivity contribution in [3.05, 3.63) is 79.9 Å². The molecule has 0 spiro atoms. The molecule has 1 saturated heterocycles. The summed E-state index contributed by atoms with van der Waals surface area (Å²) in [4.78, 5) is 30.8. The zero-order valence-electron chi connectivity index (χ0n) is 17.4. The normalized spacial score (nSPS) is 19.0. The van der Waals surface area contributed by atoms with Crippen molar-refractivity contribution in [2.24, 2.45) is 0 Å². The van der Waals surface area contributed by atoms with Gasteiger partial charge in [0, 0.05) is 30.7 Å². The molecule has 5 rings (SSSR count). The Kier molecular flexibility index (Phi) is 5.84. The van der Waals surface area contributed by atoms with Crippen molar-refractivity contribution in [3.63, 3.8) is 0 Å². The van der Waals surface area contributed by atoms with Crippen molar-refractivity contribution in [1.29, 1.82) is 0 Å². The smallest absolute Gasteiger partial charge is 0.290 e. The molecule has 0 N–H and O–H groups in total. The lowest BCUT2D eigenvalue weighted by Crippen LogP contribution is -2.38. The van der Waals surface area contributed by atoms with Crippen LogP contribution in [0.15, 0.2) is 56.1 Å². The van der Waals surface area contributed by atoms with E-state index in [0.29, 0.717) is 6.54 Å². The van der Waals surface area contributed by atoms with E-state index >= 15 is 0 Å². The molecule has 8 heteroatoms. The minimum absolute atomic E-state index is 0.0467. The number of rotatable bonds is 5. The first-order valence-electron chi connectivity index (χ1n) is 10.7. The van der Waals surface area contributed by atoms with Gasteiger partial charge in [0.1, 0.15) is 11.4 Å². The Morgan fingerprint density at radius 3 is 2.66 bits per heavy atom. The molecule has 2 aliphatic rings. The number of carbonyl (C=O) groups is 1.